The van der Waals surface area contributed by atoms with Gasteiger partial charge in [0.2, 0.25) is 12.1 Å². The summed E-state index contributed by atoms with van der Waals surface area (Å²) in [4.78, 5) is 17.2. The molecule has 1 fully saturated rings. The van der Waals surface area contributed by atoms with Crippen molar-refractivity contribution in [2.75, 3.05) is 26.2 Å². The van der Waals surface area contributed by atoms with Crippen molar-refractivity contribution in [2.45, 2.75) is 25.3 Å². The van der Waals surface area contributed by atoms with Crippen LogP contribution in [0.5, 0.6) is 0 Å². The molecule has 5 rings (SSSR count). The van der Waals surface area contributed by atoms with Gasteiger partial charge in [0.15, 0.2) is 12.4 Å². The zero-order valence-electron chi connectivity index (χ0n) is 19.4. The van der Waals surface area contributed by atoms with Crippen LogP contribution in [0.25, 0.3) is 0 Å². The van der Waals surface area contributed by atoms with E-state index in [4.69, 9.17) is 23.2 Å². The minimum atomic E-state index is -0.239. The van der Waals surface area contributed by atoms with Crippen molar-refractivity contribution >= 4 is 45.0 Å². The van der Waals surface area contributed by atoms with Gasteiger partial charge < -0.3 is 4.90 Å². The van der Waals surface area contributed by atoms with E-state index in [9.17, 15) is 10.0 Å². The summed E-state index contributed by atoms with van der Waals surface area (Å²) in [6, 6.07) is 9.56. The number of rotatable bonds is 3. The topological polar surface area (TPSA) is 51.5 Å². The zero-order valence-corrected chi connectivity index (χ0v) is 22.5. The molecule has 0 spiro atoms. The highest BCUT2D eigenvalue weighted by Crippen LogP contribution is 2.41. The zero-order chi connectivity index (χ0) is 24.7. The number of amides is 1. The highest BCUT2D eigenvalue weighted by molar-refractivity contribution is 9.10. The maximum Gasteiger partial charge on any atom is 0.258 e. The number of carbonyl (C=O) groups is 1. The first kappa shape index (κ1) is 24.5. The fourth-order valence-corrected chi connectivity index (χ4v) is 6.30. The van der Waals surface area contributed by atoms with E-state index < -0.39 is 0 Å². The fourth-order valence-electron chi connectivity index (χ4n) is 5.19. The summed E-state index contributed by atoms with van der Waals surface area (Å²) < 4.78 is 3.99. The number of halogens is 3. The Labute approximate surface area is 223 Å². The number of hydrogen-bond donors (Lipinski definition) is 1. The van der Waals surface area contributed by atoms with Gasteiger partial charge in [-0.2, -0.15) is 0 Å². The maximum absolute atomic E-state index is 13.0. The van der Waals surface area contributed by atoms with Crippen LogP contribution < -0.4 is 9.30 Å². The Balaban J connectivity index is 1.43. The minimum absolute atomic E-state index is 0.131. The standard InChI is InChI=1S/C26H27BrCl2N4O2/c1-30-6-4-17(5-7-30)12-23(34)31-8-10-32(11-9-31)26-24-18(14-21(28)15-22(24)29)2-3-19-13-20(27)16-33(35)25(19)26/h4-7,13-16,26,35H,2-3,8-12H2,1H3/q+2/t26-/m1/s1. The summed E-state index contributed by atoms with van der Waals surface area (Å²) in [6.45, 7) is 2.59. The number of piperazine rings is 1. The average molecular weight is 578 g/mol. The Morgan fingerprint density at radius 2 is 1.77 bits per heavy atom. The van der Waals surface area contributed by atoms with Crippen LogP contribution in [0.1, 0.15) is 34.0 Å². The molecule has 1 amide bonds. The van der Waals surface area contributed by atoms with Gasteiger partial charge in [-0.3, -0.25) is 14.9 Å². The maximum atomic E-state index is 13.0. The Bertz CT molecular complexity index is 1220. The van der Waals surface area contributed by atoms with E-state index in [-0.39, 0.29) is 11.9 Å². The molecule has 2 aromatic heterocycles. The van der Waals surface area contributed by atoms with Crippen LogP contribution in [0.2, 0.25) is 10.0 Å². The van der Waals surface area contributed by atoms with Crippen LogP contribution in [-0.2, 0) is 31.1 Å². The number of fused-ring (bicyclic) bond motifs is 2. The largest absolute Gasteiger partial charge is 0.340 e. The number of pyridine rings is 2. The summed E-state index contributed by atoms with van der Waals surface area (Å²) in [5, 5.41) is 12.2. The Morgan fingerprint density at radius 1 is 1.09 bits per heavy atom. The molecule has 1 aromatic carbocycles. The highest BCUT2D eigenvalue weighted by atomic mass is 79.9. The van der Waals surface area contributed by atoms with E-state index in [1.807, 2.05) is 47.1 Å². The third-order valence-corrected chi connectivity index (χ3v) is 7.91. The lowest BCUT2D eigenvalue weighted by Gasteiger charge is -2.38. The van der Waals surface area contributed by atoms with Gasteiger partial charge in [-0.15, -0.1) is 0 Å². The van der Waals surface area contributed by atoms with Gasteiger partial charge in [0.1, 0.15) is 13.1 Å². The number of hydrogen-bond acceptors (Lipinski definition) is 3. The average Bonchev–Trinajstić information content (AvgIpc) is 2.98. The Morgan fingerprint density at radius 3 is 2.49 bits per heavy atom. The van der Waals surface area contributed by atoms with Crippen molar-refractivity contribution in [3.05, 3.63) is 91.4 Å². The van der Waals surface area contributed by atoms with Crippen LogP contribution >= 0.6 is 39.1 Å². The third-order valence-electron chi connectivity index (χ3n) is 6.94. The normalized spacial score (nSPS) is 18.1. The smallest absolute Gasteiger partial charge is 0.258 e. The molecule has 0 bridgehead atoms. The van der Waals surface area contributed by atoms with Gasteiger partial charge in [0.25, 0.3) is 5.69 Å². The molecular formula is C26H27BrCl2N4O2+2. The Hall–Kier alpha value is -2.19. The van der Waals surface area contributed by atoms with Crippen molar-refractivity contribution in [1.29, 1.82) is 0 Å². The van der Waals surface area contributed by atoms with Crippen molar-refractivity contribution in [1.82, 2.24) is 9.80 Å². The molecule has 1 aliphatic carbocycles. The quantitative estimate of drug-likeness (QED) is 0.382. The molecule has 35 heavy (non-hydrogen) atoms. The fraction of sp³-hybridized carbons (Fsp3) is 0.346. The van der Waals surface area contributed by atoms with Crippen molar-refractivity contribution in [3.63, 3.8) is 0 Å². The first-order valence-electron chi connectivity index (χ1n) is 11.7. The van der Waals surface area contributed by atoms with Gasteiger partial charge in [-0.25, -0.2) is 4.57 Å². The lowest BCUT2D eigenvalue weighted by atomic mass is 9.95. The number of nitrogens with zero attached hydrogens (tertiary/aromatic N) is 4. The molecule has 1 N–H and O–H groups in total. The summed E-state index contributed by atoms with van der Waals surface area (Å²) in [7, 11) is 1.96. The van der Waals surface area contributed by atoms with Crippen LogP contribution in [-0.4, -0.2) is 47.1 Å². The number of aryl methyl sites for hydroxylation is 3. The molecule has 1 saturated heterocycles. The highest BCUT2D eigenvalue weighted by Gasteiger charge is 2.40. The second-order valence-corrected chi connectivity index (χ2v) is 11.0. The molecule has 1 aliphatic heterocycles. The van der Waals surface area contributed by atoms with E-state index in [1.54, 1.807) is 12.3 Å². The first-order valence-corrected chi connectivity index (χ1v) is 13.2. The van der Waals surface area contributed by atoms with E-state index in [1.165, 1.54) is 4.73 Å². The number of carbonyl (C=O) groups excluding carboxylic acids is 1. The lowest BCUT2D eigenvalue weighted by Crippen LogP contribution is -2.52. The van der Waals surface area contributed by atoms with Gasteiger partial charge in [-0.1, -0.05) is 23.2 Å². The third kappa shape index (κ3) is 5.05. The van der Waals surface area contributed by atoms with Crippen molar-refractivity contribution in [2.24, 2.45) is 7.05 Å². The van der Waals surface area contributed by atoms with Gasteiger partial charge in [0.05, 0.1) is 10.9 Å². The van der Waals surface area contributed by atoms with Gasteiger partial charge in [-0.05, 0) is 58.1 Å². The molecular weight excluding hydrogens is 551 g/mol. The predicted molar refractivity (Wildman–Crippen MR) is 137 cm³/mol. The minimum Gasteiger partial charge on any atom is -0.340 e. The monoisotopic (exact) mass is 576 g/mol. The molecule has 2 aliphatic rings. The second-order valence-electron chi connectivity index (χ2n) is 9.24. The van der Waals surface area contributed by atoms with E-state index in [0.29, 0.717) is 42.6 Å². The van der Waals surface area contributed by atoms with Crippen LogP contribution in [0.3, 0.4) is 0 Å². The second kappa shape index (κ2) is 10.1. The number of benzene rings is 1. The lowest BCUT2D eigenvalue weighted by molar-refractivity contribution is -0.911. The molecule has 0 unspecified atom stereocenters. The van der Waals surface area contributed by atoms with Gasteiger partial charge >= 0.3 is 0 Å². The molecule has 0 saturated carbocycles. The predicted octanol–water partition coefficient (Wildman–Crippen LogP) is 3.68. The molecule has 3 aromatic rings. The van der Waals surface area contributed by atoms with E-state index in [0.717, 1.165) is 45.3 Å². The van der Waals surface area contributed by atoms with Gasteiger partial charge in [0, 0.05) is 64.2 Å². The summed E-state index contributed by atoms with van der Waals surface area (Å²) >= 11 is 16.7. The van der Waals surface area contributed by atoms with Crippen LogP contribution in [0.15, 0.2) is 53.4 Å². The SMILES string of the molecule is C[n+]1ccc(CC(=O)N2CCN([C@@H]3c4c(Cl)cc(Cl)cc4CCc4cc(Br)c[n+](O)c43)CC2)cc1. The van der Waals surface area contributed by atoms with Crippen molar-refractivity contribution in [3.8, 4) is 0 Å². The molecule has 3 heterocycles. The van der Waals surface area contributed by atoms with E-state index in [2.05, 4.69) is 26.9 Å². The first-order chi connectivity index (χ1) is 16.8. The van der Waals surface area contributed by atoms with Crippen LogP contribution in [0.4, 0.5) is 0 Å². The molecule has 6 nitrogen and oxygen atoms in total. The Kier molecular flexibility index (Phi) is 7.04. The molecule has 0 radical (unpaired) electrons. The molecule has 1 atom stereocenters. The van der Waals surface area contributed by atoms with E-state index >= 15 is 0 Å². The summed E-state index contributed by atoms with van der Waals surface area (Å²) in [5.41, 5.74) is 4.96. The summed E-state index contributed by atoms with van der Waals surface area (Å²) in [6.07, 6.45) is 7.52. The van der Waals surface area contributed by atoms with Crippen LogP contribution in [0, 0.1) is 0 Å². The molecule has 182 valence electrons. The summed E-state index contributed by atoms with van der Waals surface area (Å²) in [5.74, 6) is 0.131. The molecule has 9 heteroatoms. The number of aromatic nitrogens is 2. The van der Waals surface area contributed by atoms with Crippen molar-refractivity contribution < 1.29 is 19.3 Å².